The molecule has 1 fully saturated rings. The smallest absolute Gasteiger partial charge is 0.0796 e. The van der Waals surface area contributed by atoms with Crippen LogP contribution in [0.15, 0.2) is 18.5 Å². The van der Waals surface area contributed by atoms with Gasteiger partial charge < -0.3 is 10.5 Å². The van der Waals surface area contributed by atoms with E-state index in [-0.39, 0.29) is 12.1 Å². The predicted octanol–water partition coefficient (Wildman–Crippen LogP) is 3.38. The number of hydrogen-bond donors (Lipinski definition) is 1. The topological polar surface area (TPSA) is 48.1 Å². The van der Waals surface area contributed by atoms with E-state index in [0.717, 1.165) is 17.7 Å². The Kier molecular flexibility index (Phi) is 5.34. The van der Waals surface area contributed by atoms with Crippen LogP contribution in [0.1, 0.15) is 56.2 Å². The van der Waals surface area contributed by atoms with Crippen molar-refractivity contribution in [3.8, 4) is 0 Å². The lowest BCUT2D eigenvalue weighted by Crippen LogP contribution is -2.36. The van der Waals surface area contributed by atoms with Crippen LogP contribution in [-0.4, -0.2) is 17.7 Å². The number of nitrogens with two attached hydrogens (primary N) is 1. The molecule has 19 heavy (non-hydrogen) atoms. The number of hydrogen-bond acceptors (Lipinski definition) is 3. The monoisotopic (exact) mass is 262 g/mol. The van der Waals surface area contributed by atoms with Crippen LogP contribution in [0, 0.1) is 12.8 Å². The van der Waals surface area contributed by atoms with E-state index in [9.17, 15) is 0 Å². The van der Waals surface area contributed by atoms with E-state index in [1.54, 1.807) is 0 Å². The fourth-order valence-corrected chi connectivity index (χ4v) is 3.14. The van der Waals surface area contributed by atoms with Crippen molar-refractivity contribution in [1.82, 2.24) is 4.98 Å². The second kappa shape index (κ2) is 7.01. The SMILES string of the molecule is CCOC(C1CCCCC1)C(N)c1cncc(C)c1. The Balaban J connectivity index is 2.12. The van der Waals surface area contributed by atoms with Gasteiger partial charge in [0.15, 0.2) is 0 Å². The molecule has 1 aliphatic rings. The molecule has 1 heterocycles. The first-order valence-corrected chi connectivity index (χ1v) is 7.51. The third-order valence-electron chi connectivity index (χ3n) is 4.11. The largest absolute Gasteiger partial charge is 0.376 e. The van der Waals surface area contributed by atoms with E-state index in [1.165, 1.54) is 32.1 Å². The van der Waals surface area contributed by atoms with Crippen LogP contribution in [0.4, 0.5) is 0 Å². The highest BCUT2D eigenvalue weighted by Crippen LogP contribution is 2.33. The normalized spacial score (nSPS) is 20.2. The van der Waals surface area contributed by atoms with E-state index in [1.807, 2.05) is 12.4 Å². The Morgan fingerprint density at radius 1 is 1.32 bits per heavy atom. The Labute approximate surface area is 116 Å². The van der Waals surface area contributed by atoms with Crippen molar-refractivity contribution in [2.75, 3.05) is 6.61 Å². The zero-order valence-electron chi connectivity index (χ0n) is 12.1. The number of nitrogens with zero attached hydrogens (tertiary/aromatic N) is 1. The molecular formula is C16H26N2O. The fourth-order valence-electron chi connectivity index (χ4n) is 3.14. The van der Waals surface area contributed by atoms with Crippen molar-refractivity contribution in [3.63, 3.8) is 0 Å². The average molecular weight is 262 g/mol. The fraction of sp³-hybridized carbons (Fsp3) is 0.688. The Morgan fingerprint density at radius 2 is 2.05 bits per heavy atom. The van der Waals surface area contributed by atoms with Gasteiger partial charge in [0.25, 0.3) is 0 Å². The first kappa shape index (κ1) is 14.5. The molecule has 1 saturated carbocycles. The van der Waals surface area contributed by atoms with E-state index in [4.69, 9.17) is 10.5 Å². The van der Waals surface area contributed by atoms with Crippen molar-refractivity contribution in [1.29, 1.82) is 0 Å². The summed E-state index contributed by atoms with van der Waals surface area (Å²) in [5.74, 6) is 0.601. The average Bonchev–Trinajstić information content (AvgIpc) is 2.45. The second-order valence-corrected chi connectivity index (χ2v) is 5.64. The molecule has 0 bridgehead atoms. The standard InChI is InChI=1S/C16H26N2O/c1-3-19-16(13-7-5-4-6-8-13)15(17)14-9-12(2)10-18-11-14/h9-11,13,15-16H,3-8,17H2,1-2H3. The van der Waals surface area contributed by atoms with Gasteiger partial charge in [0, 0.05) is 19.0 Å². The van der Waals surface area contributed by atoms with Crippen LogP contribution in [0.3, 0.4) is 0 Å². The zero-order chi connectivity index (χ0) is 13.7. The van der Waals surface area contributed by atoms with Crippen molar-refractivity contribution in [2.45, 2.75) is 58.1 Å². The molecule has 1 aromatic heterocycles. The quantitative estimate of drug-likeness (QED) is 0.885. The summed E-state index contributed by atoms with van der Waals surface area (Å²) in [6.45, 7) is 4.84. The van der Waals surface area contributed by atoms with E-state index < -0.39 is 0 Å². The number of rotatable bonds is 5. The first-order valence-electron chi connectivity index (χ1n) is 7.51. The van der Waals surface area contributed by atoms with E-state index >= 15 is 0 Å². The van der Waals surface area contributed by atoms with Gasteiger partial charge in [0.2, 0.25) is 0 Å². The summed E-state index contributed by atoms with van der Waals surface area (Å²) in [5, 5.41) is 0. The van der Waals surface area contributed by atoms with E-state index in [0.29, 0.717) is 5.92 Å². The van der Waals surface area contributed by atoms with Gasteiger partial charge in [0.1, 0.15) is 0 Å². The van der Waals surface area contributed by atoms with Gasteiger partial charge in [-0.05, 0) is 43.7 Å². The van der Waals surface area contributed by atoms with Crippen LogP contribution >= 0.6 is 0 Å². The van der Waals surface area contributed by atoms with Crippen LogP contribution in [-0.2, 0) is 4.74 Å². The lowest BCUT2D eigenvalue weighted by atomic mass is 9.81. The molecule has 0 aromatic carbocycles. The summed E-state index contributed by atoms with van der Waals surface area (Å²) in [6, 6.07) is 2.07. The molecule has 0 spiro atoms. The molecule has 1 aliphatic carbocycles. The maximum absolute atomic E-state index is 6.46. The molecule has 0 amide bonds. The maximum Gasteiger partial charge on any atom is 0.0796 e. The first-order chi connectivity index (χ1) is 9.22. The molecular weight excluding hydrogens is 236 g/mol. The molecule has 3 nitrogen and oxygen atoms in total. The molecule has 2 atom stereocenters. The summed E-state index contributed by atoms with van der Waals surface area (Å²) in [5.41, 5.74) is 8.72. The van der Waals surface area contributed by atoms with Gasteiger partial charge in [-0.2, -0.15) is 0 Å². The minimum atomic E-state index is -0.0598. The van der Waals surface area contributed by atoms with Crippen LogP contribution in [0.2, 0.25) is 0 Å². The molecule has 2 N–H and O–H groups in total. The van der Waals surface area contributed by atoms with Gasteiger partial charge >= 0.3 is 0 Å². The minimum Gasteiger partial charge on any atom is -0.376 e. The van der Waals surface area contributed by atoms with Gasteiger partial charge in [-0.1, -0.05) is 25.3 Å². The summed E-state index contributed by atoms with van der Waals surface area (Å²) in [6.07, 6.45) is 10.4. The van der Waals surface area contributed by atoms with Gasteiger partial charge in [-0.15, -0.1) is 0 Å². The van der Waals surface area contributed by atoms with Crippen molar-refractivity contribution in [2.24, 2.45) is 11.7 Å². The third kappa shape index (κ3) is 3.77. The number of pyridine rings is 1. The molecule has 1 aromatic rings. The molecule has 2 unspecified atom stereocenters. The molecule has 106 valence electrons. The highest BCUT2D eigenvalue weighted by atomic mass is 16.5. The predicted molar refractivity (Wildman–Crippen MR) is 77.9 cm³/mol. The van der Waals surface area contributed by atoms with Crippen LogP contribution in [0.25, 0.3) is 0 Å². The molecule has 3 heteroatoms. The Hall–Kier alpha value is -0.930. The van der Waals surface area contributed by atoms with Gasteiger partial charge in [0.05, 0.1) is 12.1 Å². The lowest BCUT2D eigenvalue weighted by Gasteiger charge is -2.34. The summed E-state index contributed by atoms with van der Waals surface area (Å²) >= 11 is 0. The second-order valence-electron chi connectivity index (χ2n) is 5.64. The van der Waals surface area contributed by atoms with Gasteiger partial charge in [-0.25, -0.2) is 0 Å². The van der Waals surface area contributed by atoms with Crippen molar-refractivity contribution >= 4 is 0 Å². The number of ether oxygens (including phenoxy) is 1. The summed E-state index contributed by atoms with van der Waals surface area (Å²) in [7, 11) is 0. The zero-order valence-corrected chi connectivity index (χ0v) is 12.1. The summed E-state index contributed by atoms with van der Waals surface area (Å²) < 4.78 is 5.98. The highest BCUT2D eigenvalue weighted by molar-refractivity contribution is 5.21. The van der Waals surface area contributed by atoms with Crippen molar-refractivity contribution in [3.05, 3.63) is 29.6 Å². The van der Waals surface area contributed by atoms with E-state index in [2.05, 4.69) is 24.9 Å². The molecule has 2 rings (SSSR count). The van der Waals surface area contributed by atoms with Crippen LogP contribution in [0.5, 0.6) is 0 Å². The highest BCUT2D eigenvalue weighted by Gasteiger charge is 2.30. The molecule has 0 radical (unpaired) electrons. The minimum absolute atomic E-state index is 0.0598. The Morgan fingerprint density at radius 3 is 2.68 bits per heavy atom. The van der Waals surface area contributed by atoms with Crippen molar-refractivity contribution < 1.29 is 4.74 Å². The molecule has 0 saturated heterocycles. The molecule has 0 aliphatic heterocycles. The van der Waals surface area contributed by atoms with Gasteiger partial charge in [-0.3, -0.25) is 4.98 Å². The third-order valence-corrected chi connectivity index (χ3v) is 4.11. The lowest BCUT2D eigenvalue weighted by molar-refractivity contribution is -0.00992. The number of aromatic nitrogens is 1. The number of aryl methyl sites for hydroxylation is 1. The summed E-state index contributed by atoms with van der Waals surface area (Å²) in [4.78, 5) is 4.26. The Bertz CT molecular complexity index is 388. The maximum atomic E-state index is 6.46. The van der Waals surface area contributed by atoms with Crippen LogP contribution < -0.4 is 5.73 Å².